The van der Waals surface area contributed by atoms with E-state index in [0.29, 0.717) is 29.5 Å². The molecule has 0 radical (unpaired) electrons. The molecule has 0 saturated heterocycles. The monoisotopic (exact) mass is 446 g/mol. The van der Waals surface area contributed by atoms with Crippen LogP contribution < -0.4 is 19.9 Å². The van der Waals surface area contributed by atoms with Gasteiger partial charge in [-0.3, -0.25) is 4.57 Å². The normalized spacial score (nSPS) is 11.3. The van der Waals surface area contributed by atoms with Crippen LogP contribution >= 0.6 is 11.6 Å². The number of rotatable bonds is 7. The number of hydrogen-bond acceptors (Lipinski definition) is 5. The van der Waals surface area contributed by atoms with Crippen molar-refractivity contribution in [2.45, 2.75) is 27.4 Å². The largest absolute Gasteiger partial charge is 0.493 e. The Bertz CT molecular complexity index is 1130. The second kappa shape index (κ2) is 9.39. The van der Waals surface area contributed by atoms with E-state index in [1.165, 1.54) is 16.7 Å². The van der Waals surface area contributed by atoms with E-state index < -0.39 is 11.5 Å². The van der Waals surface area contributed by atoms with Crippen LogP contribution in [-0.4, -0.2) is 23.3 Å². The number of nitrogens with zero attached hydrogens (tertiary/aromatic N) is 2. The highest BCUT2D eigenvalue weighted by Gasteiger charge is 2.14. The number of aromatic nitrogens is 2. The van der Waals surface area contributed by atoms with E-state index >= 15 is 0 Å². The van der Waals surface area contributed by atoms with Gasteiger partial charge >= 0.3 is 5.69 Å². The minimum Gasteiger partial charge on any atom is -0.493 e. The summed E-state index contributed by atoms with van der Waals surface area (Å²) < 4.78 is 31.9. The number of benzene rings is 2. The molecule has 0 spiro atoms. The predicted molar refractivity (Wildman–Crippen MR) is 117 cm³/mol. The summed E-state index contributed by atoms with van der Waals surface area (Å²) in [5, 5.41) is 0.274. The van der Waals surface area contributed by atoms with E-state index in [9.17, 15) is 9.18 Å². The van der Waals surface area contributed by atoms with E-state index in [-0.39, 0.29) is 22.8 Å². The lowest BCUT2D eigenvalue weighted by molar-refractivity contribution is 0.191. The first-order valence-electron chi connectivity index (χ1n) is 9.64. The minimum atomic E-state index is -0.582. The molecule has 0 aliphatic heterocycles. The van der Waals surface area contributed by atoms with Gasteiger partial charge in [-0.2, -0.15) is 4.98 Å². The van der Waals surface area contributed by atoms with Crippen molar-refractivity contribution in [1.29, 1.82) is 0 Å². The van der Waals surface area contributed by atoms with E-state index in [1.54, 1.807) is 37.6 Å². The van der Waals surface area contributed by atoms with Crippen molar-refractivity contribution in [2.75, 3.05) is 13.7 Å². The SMILES string of the molecule is COc1cc(-n2ccc(COc3ccc(Cl)cc3F)nc2=O)ccc1OCC(C)(C)C. The van der Waals surface area contributed by atoms with Crippen molar-refractivity contribution in [1.82, 2.24) is 9.55 Å². The Hall–Kier alpha value is -3.06. The highest BCUT2D eigenvalue weighted by molar-refractivity contribution is 6.30. The summed E-state index contributed by atoms with van der Waals surface area (Å²) in [6.45, 7) is 6.69. The van der Waals surface area contributed by atoms with E-state index in [1.807, 2.05) is 0 Å². The molecule has 6 nitrogen and oxygen atoms in total. The third-order valence-electron chi connectivity index (χ3n) is 4.22. The smallest absolute Gasteiger partial charge is 0.352 e. The molecule has 0 N–H and O–H groups in total. The molecule has 0 bridgehead atoms. The maximum atomic E-state index is 13.8. The molecule has 1 heterocycles. The zero-order valence-corrected chi connectivity index (χ0v) is 18.6. The third kappa shape index (κ3) is 5.98. The predicted octanol–water partition coefficient (Wildman–Crippen LogP) is 5.04. The number of ether oxygens (including phenoxy) is 3. The zero-order valence-electron chi connectivity index (χ0n) is 17.8. The summed E-state index contributed by atoms with van der Waals surface area (Å²) in [5.41, 5.74) is 0.446. The van der Waals surface area contributed by atoms with Crippen molar-refractivity contribution in [3.63, 3.8) is 0 Å². The Balaban J connectivity index is 1.77. The Morgan fingerprint density at radius 3 is 2.42 bits per heavy atom. The van der Waals surface area contributed by atoms with E-state index in [2.05, 4.69) is 25.8 Å². The summed E-state index contributed by atoms with van der Waals surface area (Å²) in [5.74, 6) is 0.559. The Kier molecular flexibility index (Phi) is 6.85. The third-order valence-corrected chi connectivity index (χ3v) is 4.45. The lowest BCUT2D eigenvalue weighted by atomic mass is 9.99. The Morgan fingerprint density at radius 1 is 1.03 bits per heavy atom. The summed E-state index contributed by atoms with van der Waals surface area (Å²) in [7, 11) is 1.54. The van der Waals surface area contributed by atoms with Crippen LogP contribution in [0.3, 0.4) is 0 Å². The van der Waals surface area contributed by atoms with Gasteiger partial charge in [0.1, 0.15) is 6.61 Å². The fourth-order valence-electron chi connectivity index (χ4n) is 2.68. The molecule has 31 heavy (non-hydrogen) atoms. The molecule has 2 aromatic carbocycles. The van der Waals surface area contributed by atoms with E-state index in [4.69, 9.17) is 25.8 Å². The molecule has 0 fully saturated rings. The molecule has 3 rings (SSSR count). The minimum absolute atomic E-state index is 0.00261. The number of methoxy groups -OCH3 is 1. The topological polar surface area (TPSA) is 62.6 Å². The summed E-state index contributed by atoms with van der Waals surface area (Å²) in [6, 6.07) is 11.0. The van der Waals surface area contributed by atoms with Gasteiger partial charge in [0.15, 0.2) is 23.1 Å². The first kappa shape index (κ1) is 22.6. The molecule has 0 unspecified atom stereocenters. The lowest BCUT2D eigenvalue weighted by Gasteiger charge is -2.20. The molecule has 0 aliphatic carbocycles. The highest BCUT2D eigenvalue weighted by Crippen LogP contribution is 2.30. The molecule has 0 atom stereocenters. The van der Waals surface area contributed by atoms with Crippen LogP contribution in [0.15, 0.2) is 53.5 Å². The average molecular weight is 447 g/mol. The summed E-state index contributed by atoms with van der Waals surface area (Å²) in [6.07, 6.45) is 1.58. The first-order chi connectivity index (χ1) is 14.7. The van der Waals surface area contributed by atoms with Crippen LogP contribution in [0.25, 0.3) is 5.69 Å². The van der Waals surface area contributed by atoms with Crippen molar-refractivity contribution < 1.29 is 18.6 Å². The molecule has 3 aromatic rings. The van der Waals surface area contributed by atoms with Crippen molar-refractivity contribution >= 4 is 11.6 Å². The Labute approximate surface area is 185 Å². The van der Waals surface area contributed by atoms with Crippen LogP contribution in [0.5, 0.6) is 17.2 Å². The molecule has 164 valence electrons. The van der Waals surface area contributed by atoms with Crippen LogP contribution in [0, 0.1) is 11.2 Å². The fraction of sp³-hybridized carbons (Fsp3) is 0.304. The summed E-state index contributed by atoms with van der Waals surface area (Å²) in [4.78, 5) is 16.6. The van der Waals surface area contributed by atoms with Crippen LogP contribution in [0.2, 0.25) is 5.02 Å². The lowest BCUT2D eigenvalue weighted by Crippen LogP contribution is -2.22. The molecular formula is C23H24ClFN2O4. The van der Waals surface area contributed by atoms with Gasteiger partial charge in [0.25, 0.3) is 0 Å². The first-order valence-corrected chi connectivity index (χ1v) is 10.0. The van der Waals surface area contributed by atoms with Gasteiger partial charge in [0.05, 0.1) is 25.1 Å². The zero-order chi connectivity index (χ0) is 22.6. The standard InChI is InChI=1S/C23H24ClFN2O4/c1-23(2,3)14-31-20-8-6-17(12-21(20)29-4)27-10-9-16(26-22(27)28)13-30-19-7-5-15(24)11-18(19)25/h5-12H,13-14H2,1-4H3. The molecule has 0 aliphatic rings. The average Bonchev–Trinajstić information content (AvgIpc) is 2.71. The van der Waals surface area contributed by atoms with Crippen molar-refractivity contribution in [2.24, 2.45) is 5.41 Å². The fourth-order valence-corrected chi connectivity index (χ4v) is 2.84. The maximum Gasteiger partial charge on any atom is 0.352 e. The molecule has 0 saturated carbocycles. The maximum absolute atomic E-state index is 13.8. The van der Waals surface area contributed by atoms with Gasteiger partial charge in [-0.25, -0.2) is 9.18 Å². The second-order valence-electron chi connectivity index (χ2n) is 8.12. The van der Waals surface area contributed by atoms with Crippen LogP contribution in [0.4, 0.5) is 4.39 Å². The highest BCUT2D eigenvalue weighted by atomic mass is 35.5. The molecular weight excluding hydrogens is 423 g/mol. The summed E-state index contributed by atoms with van der Waals surface area (Å²) >= 11 is 5.73. The molecule has 8 heteroatoms. The van der Waals surface area contributed by atoms with Gasteiger partial charge in [0, 0.05) is 17.3 Å². The van der Waals surface area contributed by atoms with Gasteiger partial charge in [-0.1, -0.05) is 32.4 Å². The van der Waals surface area contributed by atoms with Crippen LogP contribution in [-0.2, 0) is 6.61 Å². The van der Waals surface area contributed by atoms with Gasteiger partial charge < -0.3 is 14.2 Å². The van der Waals surface area contributed by atoms with Gasteiger partial charge in [-0.15, -0.1) is 0 Å². The number of hydrogen-bond donors (Lipinski definition) is 0. The number of halogens is 2. The van der Waals surface area contributed by atoms with Crippen LogP contribution in [0.1, 0.15) is 26.5 Å². The second-order valence-corrected chi connectivity index (χ2v) is 8.56. The van der Waals surface area contributed by atoms with Crippen molar-refractivity contribution in [3.05, 3.63) is 75.7 Å². The van der Waals surface area contributed by atoms with Gasteiger partial charge in [0.2, 0.25) is 0 Å². The van der Waals surface area contributed by atoms with Crippen molar-refractivity contribution in [3.8, 4) is 22.9 Å². The van der Waals surface area contributed by atoms with E-state index in [0.717, 1.165) is 6.07 Å². The Morgan fingerprint density at radius 2 is 1.77 bits per heavy atom. The van der Waals surface area contributed by atoms with Gasteiger partial charge in [-0.05, 0) is 41.8 Å². The quantitative estimate of drug-likeness (QED) is 0.509. The molecule has 0 amide bonds. The molecule has 1 aromatic heterocycles.